The van der Waals surface area contributed by atoms with Gasteiger partial charge >= 0.3 is 0 Å². The molecule has 2 aromatic rings. The lowest BCUT2D eigenvalue weighted by atomic mass is 10.3. The zero-order chi connectivity index (χ0) is 14.0. The molecule has 0 radical (unpaired) electrons. The minimum Gasteiger partial charge on any atom is -0.372 e. The van der Waals surface area contributed by atoms with Gasteiger partial charge in [-0.05, 0) is 40.2 Å². The van der Waals surface area contributed by atoms with Gasteiger partial charge in [-0.1, -0.05) is 34.8 Å². The quantitative estimate of drug-likeness (QED) is 0.728. The first-order valence-corrected chi connectivity index (χ1v) is 7.20. The molecule has 0 fully saturated rings. The predicted molar refractivity (Wildman–Crippen MR) is 86.2 cm³/mol. The molecule has 0 spiro atoms. The van der Waals surface area contributed by atoms with Crippen LogP contribution in [0, 0.1) is 0 Å². The molecule has 0 aliphatic rings. The van der Waals surface area contributed by atoms with Crippen LogP contribution in [0.25, 0.3) is 0 Å². The van der Waals surface area contributed by atoms with Crippen LogP contribution in [0.5, 0.6) is 0 Å². The molecule has 19 heavy (non-hydrogen) atoms. The number of nitrogens with one attached hydrogen (secondary N) is 2. The van der Waals surface area contributed by atoms with Crippen LogP contribution in [-0.2, 0) is 0 Å². The van der Waals surface area contributed by atoms with Crippen molar-refractivity contribution in [1.29, 1.82) is 0 Å². The first kappa shape index (κ1) is 14.7. The molecule has 0 amide bonds. The fourth-order valence-corrected chi connectivity index (χ4v) is 2.44. The Bertz CT molecular complexity index is 619. The molecule has 1 aromatic carbocycles. The summed E-state index contributed by atoms with van der Waals surface area (Å²) in [7, 11) is 1.74. The second kappa shape index (κ2) is 6.18. The smallest absolute Gasteiger partial charge is 0.151 e. The van der Waals surface area contributed by atoms with E-state index in [0.29, 0.717) is 26.7 Å². The highest BCUT2D eigenvalue weighted by Crippen LogP contribution is 2.32. The number of aromatic nitrogens is 1. The third kappa shape index (κ3) is 3.45. The van der Waals surface area contributed by atoms with Crippen molar-refractivity contribution < 1.29 is 0 Å². The highest BCUT2D eigenvalue weighted by molar-refractivity contribution is 9.10. The van der Waals surface area contributed by atoms with E-state index in [2.05, 4.69) is 31.5 Å². The molecule has 3 nitrogen and oxygen atoms in total. The molecule has 0 saturated carbocycles. The van der Waals surface area contributed by atoms with E-state index in [1.807, 2.05) is 12.1 Å². The van der Waals surface area contributed by atoms with Crippen molar-refractivity contribution in [3.8, 4) is 0 Å². The predicted octanol–water partition coefficient (Wildman–Crippen LogP) is 5.59. The lowest BCUT2D eigenvalue weighted by molar-refractivity contribution is 1.27. The third-order valence-corrected chi connectivity index (χ3v) is 4.14. The maximum atomic E-state index is 6.10. The summed E-state index contributed by atoms with van der Waals surface area (Å²) in [6.07, 6.45) is 0. The Hall–Kier alpha value is -0.680. The van der Waals surface area contributed by atoms with Crippen LogP contribution in [0.3, 0.4) is 0 Å². The van der Waals surface area contributed by atoms with Gasteiger partial charge in [0.2, 0.25) is 0 Å². The molecule has 7 heteroatoms. The molecular weight excluding hydrogens is 372 g/mol. The van der Waals surface area contributed by atoms with E-state index in [1.165, 1.54) is 0 Å². The van der Waals surface area contributed by atoms with Gasteiger partial charge in [0.1, 0.15) is 5.82 Å². The van der Waals surface area contributed by atoms with E-state index in [4.69, 9.17) is 34.8 Å². The molecule has 0 bridgehead atoms. The van der Waals surface area contributed by atoms with Gasteiger partial charge in [-0.15, -0.1) is 0 Å². The number of rotatable bonds is 3. The average molecular weight is 381 g/mol. The minimum absolute atomic E-state index is 0.440. The van der Waals surface area contributed by atoms with Crippen LogP contribution in [0.1, 0.15) is 0 Å². The Morgan fingerprint density at radius 3 is 2.32 bits per heavy atom. The Labute approximate surface area is 134 Å². The molecule has 0 atom stereocenters. The zero-order valence-electron chi connectivity index (χ0n) is 9.77. The summed E-state index contributed by atoms with van der Waals surface area (Å²) < 4.78 is 0.790. The Balaban J connectivity index is 2.34. The van der Waals surface area contributed by atoms with E-state index in [0.717, 1.165) is 10.2 Å². The van der Waals surface area contributed by atoms with Gasteiger partial charge in [-0.2, -0.15) is 0 Å². The number of pyridine rings is 1. The molecule has 1 aromatic heterocycles. The van der Waals surface area contributed by atoms with Gasteiger partial charge in [0.05, 0.1) is 15.1 Å². The van der Waals surface area contributed by atoms with Crippen LogP contribution >= 0.6 is 50.7 Å². The Morgan fingerprint density at radius 1 is 1.00 bits per heavy atom. The fraction of sp³-hybridized carbons (Fsp3) is 0.0833. The molecule has 1 heterocycles. The third-order valence-electron chi connectivity index (χ3n) is 2.35. The summed E-state index contributed by atoms with van der Waals surface area (Å²) in [6.45, 7) is 0. The van der Waals surface area contributed by atoms with Crippen molar-refractivity contribution in [2.45, 2.75) is 0 Å². The molecule has 2 rings (SSSR count). The molecule has 0 saturated heterocycles. The van der Waals surface area contributed by atoms with Gasteiger partial charge in [-0.3, -0.25) is 0 Å². The Morgan fingerprint density at radius 2 is 1.68 bits per heavy atom. The van der Waals surface area contributed by atoms with Crippen LogP contribution in [0.2, 0.25) is 15.1 Å². The van der Waals surface area contributed by atoms with Crippen molar-refractivity contribution in [3.63, 3.8) is 0 Å². The summed E-state index contributed by atoms with van der Waals surface area (Å²) in [4.78, 5) is 4.30. The van der Waals surface area contributed by atoms with Crippen LogP contribution in [0.4, 0.5) is 17.3 Å². The summed E-state index contributed by atoms with van der Waals surface area (Å²) in [5, 5.41) is 7.55. The molecule has 2 N–H and O–H groups in total. The Kier molecular flexibility index (Phi) is 4.79. The fourth-order valence-electron chi connectivity index (χ4n) is 1.44. The second-order valence-corrected chi connectivity index (χ2v) is 5.73. The van der Waals surface area contributed by atoms with E-state index in [-0.39, 0.29) is 0 Å². The summed E-state index contributed by atoms with van der Waals surface area (Å²) >= 11 is 21.4. The van der Waals surface area contributed by atoms with Crippen molar-refractivity contribution >= 4 is 68.1 Å². The number of hydrogen-bond acceptors (Lipinski definition) is 3. The van der Waals surface area contributed by atoms with Gasteiger partial charge in [0.25, 0.3) is 0 Å². The number of benzene rings is 1. The van der Waals surface area contributed by atoms with E-state index in [1.54, 1.807) is 19.2 Å². The lowest BCUT2D eigenvalue weighted by Gasteiger charge is -2.11. The largest absolute Gasteiger partial charge is 0.372 e. The number of anilines is 3. The van der Waals surface area contributed by atoms with Crippen molar-refractivity contribution in [2.75, 3.05) is 17.7 Å². The second-order valence-electron chi connectivity index (χ2n) is 3.65. The number of nitrogens with zero attached hydrogens (tertiary/aromatic N) is 1. The average Bonchev–Trinajstić information content (AvgIpc) is 2.37. The molecular formula is C12H9BrCl3N3. The van der Waals surface area contributed by atoms with E-state index in [9.17, 15) is 0 Å². The first-order valence-electron chi connectivity index (χ1n) is 5.27. The number of hydrogen-bond donors (Lipinski definition) is 2. The maximum absolute atomic E-state index is 6.10. The topological polar surface area (TPSA) is 37.0 Å². The normalized spacial score (nSPS) is 10.4. The SMILES string of the molecule is CNc1nc(Nc2ccc(Cl)c(Br)c2)c(Cl)cc1Cl. The summed E-state index contributed by atoms with van der Waals surface area (Å²) in [5.74, 6) is 1.08. The van der Waals surface area contributed by atoms with E-state index >= 15 is 0 Å². The zero-order valence-corrected chi connectivity index (χ0v) is 13.6. The highest BCUT2D eigenvalue weighted by Gasteiger charge is 2.09. The van der Waals surface area contributed by atoms with Crippen LogP contribution in [0.15, 0.2) is 28.7 Å². The number of halogens is 4. The van der Waals surface area contributed by atoms with E-state index < -0.39 is 0 Å². The molecule has 0 aliphatic carbocycles. The first-order chi connectivity index (χ1) is 9.01. The van der Waals surface area contributed by atoms with Gasteiger partial charge < -0.3 is 10.6 Å². The molecule has 100 valence electrons. The molecule has 0 aliphatic heterocycles. The van der Waals surface area contributed by atoms with Crippen LogP contribution in [-0.4, -0.2) is 12.0 Å². The van der Waals surface area contributed by atoms with Crippen molar-refractivity contribution in [2.24, 2.45) is 0 Å². The van der Waals surface area contributed by atoms with Crippen LogP contribution < -0.4 is 10.6 Å². The lowest BCUT2D eigenvalue weighted by Crippen LogP contribution is -1.99. The highest BCUT2D eigenvalue weighted by atomic mass is 79.9. The summed E-state index contributed by atoms with van der Waals surface area (Å²) in [6, 6.07) is 7.08. The standard InChI is InChI=1S/C12H9BrCl3N3/c1-17-11-9(15)5-10(16)12(19-11)18-6-2-3-8(14)7(13)4-6/h2-5H,1H3,(H2,17,18,19). The summed E-state index contributed by atoms with van der Waals surface area (Å²) in [5.41, 5.74) is 0.815. The maximum Gasteiger partial charge on any atom is 0.151 e. The van der Waals surface area contributed by atoms with Gasteiger partial charge in [0.15, 0.2) is 5.82 Å². The van der Waals surface area contributed by atoms with Gasteiger partial charge in [-0.25, -0.2) is 4.98 Å². The monoisotopic (exact) mass is 379 g/mol. The van der Waals surface area contributed by atoms with Gasteiger partial charge in [0, 0.05) is 17.2 Å². The molecule has 0 unspecified atom stereocenters. The minimum atomic E-state index is 0.440. The van der Waals surface area contributed by atoms with Crippen molar-refractivity contribution in [1.82, 2.24) is 4.98 Å². The van der Waals surface area contributed by atoms with Crippen molar-refractivity contribution in [3.05, 3.63) is 43.8 Å².